The van der Waals surface area contributed by atoms with Crippen molar-refractivity contribution in [3.05, 3.63) is 38.7 Å². The summed E-state index contributed by atoms with van der Waals surface area (Å²) in [4.78, 5) is 6.42. The summed E-state index contributed by atoms with van der Waals surface area (Å²) < 4.78 is 22.5. The molecule has 0 spiro atoms. The first-order valence-electron chi connectivity index (χ1n) is 2.04. The number of nitrogens with zero attached hydrogens (tertiary/aromatic N) is 1. The van der Waals surface area contributed by atoms with Gasteiger partial charge in [-0.3, -0.25) is 0 Å². The molecule has 0 unspecified atom stereocenters. The zero-order valence-electron chi connectivity index (χ0n) is 6.28. The molecule has 3 N–H and O–H groups in total. The molecule has 1 heterocycles. The molecule has 0 saturated carbocycles. The van der Waals surface area contributed by atoms with Crippen LogP contribution in [0.15, 0.2) is 18.7 Å². The fraction of sp³-hybridized carbons (Fsp3) is 0. The van der Waals surface area contributed by atoms with E-state index in [0.29, 0.717) is 0 Å². The Balaban J connectivity index is -0.0000000239. The molecule has 0 fully saturated rings. The standard InChI is InChI=1S/C3H4N2.3CO.H2O.Re/c1-2-5-3-4-1;3*1-2;;/h1-3H,(H,4,5);;;;1H2;. The summed E-state index contributed by atoms with van der Waals surface area (Å²) in [6.07, 6.45) is 5.08. The minimum atomic E-state index is 0. The van der Waals surface area contributed by atoms with E-state index in [-0.39, 0.29) is 25.9 Å². The van der Waals surface area contributed by atoms with Crippen LogP contribution < -0.4 is 0 Å². The minimum absolute atomic E-state index is 0. The Morgan fingerprint density at radius 3 is 1.46 bits per heavy atom. The maximum atomic E-state index is 7.50. The molecule has 1 aromatic heterocycles. The summed E-state index contributed by atoms with van der Waals surface area (Å²) >= 11 is 0. The Kier molecular flexibility index (Phi) is 155. The molecular weight excluding hydrogens is 350 g/mol. The first kappa shape index (κ1) is 29.6. The summed E-state index contributed by atoms with van der Waals surface area (Å²) in [6.45, 7) is 13.5. The largest absolute Gasteiger partial charge is 0.351 e. The van der Waals surface area contributed by atoms with E-state index in [2.05, 4.69) is 29.9 Å². The third-order valence-electron chi connectivity index (χ3n) is 0.406. The van der Waals surface area contributed by atoms with Crippen molar-refractivity contribution >= 4 is 0 Å². The zero-order valence-corrected chi connectivity index (χ0v) is 9.00. The van der Waals surface area contributed by atoms with Crippen LogP contribution in [0.3, 0.4) is 0 Å². The molecular formula is C6H6N2O4Re. The molecule has 0 amide bonds. The number of aromatic amines is 1. The van der Waals surface area contributed by atoms with Crippen molar-refractivity contribution in [2.75, 3.05) is 0 Å². The van der Waals surface area contributed by atoms with Gasteiger partial charge >= 0.3 is 33.9 Å². The van der Waals surface area contributed by atoms with E-state index >= 15 is 0 Å². The van der Waals surface area contributed by atoms with Gasteiger partial charge in [-0.1, -0.05) is 0 Å². The van der Waals surface area contributed by atoms with E-state index < -0.39 is 0 Å². The van der Waals surface area contributed by atoms with Gasteiger partial charge in [-0.2, -0.15) is 0 Å². The fourth-order valence-corrected chi connectivity index (χ4v) is 0.215. The van der Waals surface area contributed by atoms with E-state index in [1.807, 2.05) is 0 Å². The van der Waals surface area contributed by atoms with Gasteiger partial charge in [-0.25, -0.2) is 4.98 Å². The van der Waals surface area contributed by atoms with Crippen molar-refractivity contribution in [3.8, 4) is 0 Å². The molecule has 0 saturated heterocycles. The van der Waals surface area contributed by atoms with Gasteiger partial charge in [0.25, 0.3) is 0 Å². The Bertz CT molecular complexity index is 151. The molecule has 0 atom stereocenters. The average Bonchev–Trinajstić information content (AvgIpc) is 2.71. The predicted octanol–water partition coefficient (Wildman–Crippen LogP) is -0.530. The Morgan fingerprint density at radius 1 is 1.00 bits per heavy atom. The monoisotopic (exact) mass is 357 g/mol. The van der Waals surface area contributed by atoms with E-state index in [4.69, 9.17) is 14.0 Å². The van der Waals surface area contributed by atoms with Gasteiger partial charge in [0.2, 0.25) is 0 Å². The maximum absolute atomic E-state index is 7.50. The summed E-state index contributed by atoms with van der Waals surface area (Å²) in [7, 11) is 0. The smallest absolute Gasteiger partial charge is 0.0919 e. The van der Waals surface area contributed by atoms with Crippen LogP contribution in [0.4, 0.5) is 0 Å². The van der Waals surface area contributed by atoms with Gasteiger partial charge in [0.05, 0.1) is 6.33 Å². The number of hydrogen-bond donors (Lipinski definition) is 1. The second kappa shape index (κ2) is 68.0. The van der Waals surface area contributed by atoms with Gasteiger partial charge in [-0.05, 0) is 0 Å². The van der Waals surface area contributed by atoms with Crippen molar-refractivity contribution in [1.29, 1.82) is 0 Å². The van der Waals surface area contributed by atoms with E-state index in [0.717, 1.165) is 0 Å². The molecule has 7 heteroatoms. The molecule has 1 rings (SSSR count). The van der Waals surface area contributed by atoms with Gasteiger partial charge < -0.3 is 10.5 Å². The SMILES string of the molecule is O.[C-]#[O+].[C-]#[O+].[C-]#[O+].[Re].c1c[nH]cn1. The van der Waals surface area contributed by atoms with Crippen molar-refractivity contribution in [3.63, 3.8) is 0 Å². The molecule has 6 nitrogen and oxygen atoms in total. The number of imidazole rings is 1. The van der Waals surface area contributed by atoms with Gasteiger partial charge in [-0.15, -0.1) is 0 Å². The summed E-state index contributed by atoms with van der Waals surface area (Å²) in [6, 6.07) is 0. The van der Waals surface area contributed by atoms with Crippen LogP contribution >= 0.6 is 0 Å². The molecule has 0 aromatic carbocycles. The normalized spacial score (nSPS) is 3.54. The van der Waals surface area contributed by atoms with E-state index in [9.17, 15) is 0 Å². The van der Waals surface area contributed by atoms with Gasteiger partial charge in [0.1, 0.15) is 0 Å². The number of H-pyrrole nitrogens is 1. The van der Waals surface area contributed by atoms with Crippen molar-refractivity contribution in [1.82, 2.24) is 9.97 Å². The Hall–Kier alpha value is -0.948. The van der Waals surface area contributed by atoms with Crippen LogP contribution in [0, 0.1) is 20.0 Å². The Labute approximate surface area is 88.9 Å². The molecule has 1 aromatic rings. The van der Waals surface area contributed by atoms with Gasteiger partial charge in [0, 0.05) is 32.8 Å². The summed E-state index contributed by atoms with van der Waals surface area (Å²) in [5, 5.41) is 0. The first-order chi connectivity index (χ1) is 5.50. The molecule has 1 radical (unpaired) electrons. The van der Waals surface area contributed by atoms with E-state index in [1.165, 1.54) is 0 Å². The molecule has 13 heavy (non-hydrogen) atoms. The number of rotatable bonds is 0. The van der Waals surface area contributed by atoms with Crippen LogP contribution in [0.2, 0.25) is 0 Å². The minimum Gasteiger partial charge on any atom is -0.351 e. The quantitative estimate of drug-likeness (QED) is 0.488. The average molecular weight is 356 g/mol. The molecule has 0 bridgehead atoms. The predicted molar refractivity (Wildman–Crippen MR) is 34.0 cm³/mol. The second-order valence-electron chi connectivity index (χ2n) is 0.761. The Morgan fingerprint density at radius 2 is 1.38 bits per heavy atom. The topological polar surface area (TPSA) is 120 Å². The maximum Gasteiger partial charge on any atom is 0.0919 e. The molecule has 71 valence electrons. The number of nitrogens with one attached hydrogen (secondary N) is 1. The fourth-order valence-electron chi connectivity index (χ4n) is 0.215. The van der Waals surface area contributed by atoms with Crippen molar-refractivity contribution in [2.24, 2.45) is 0 Å². The second-order valence-corrected chi connectivity index (χ2v) is 0.761. The number of hydrogen-bond acceptors (Lipinski definition) is 1. The summed E-state index contributed by atoms with van der Waals surface area (Å²) in [5.41, 5.74) is 0. The molecule has 0 aliphatic rings. The van der Waals surface area contributed by atoms with Crippen molar-refractivity contribution < 1.29 is 39.9 Å². The number of aromatic nitrogens is 2. The van der Waals surface area contributed by atoms with Crippen LogP contribution in [0.1, 0.15) is 0 Å². The van der Waals surface area contributed by atoms with Crippen LogP contribution in [-0.4, -0.2) is 15.4 Å². The molecule has 0 aliphatic carbocycles. The van der Waals surface area contributed by atoms with Crippen LogP contribution in [0.5, 0.6) is 0 Å². The van der Waals surface area contributed by atoms with Crippen LogP contribution in [0.25, 0.3) is 0 Å². The third kappa shape index (κ3) is 55.2. The molecule has 0 aliphatic heterocycles. The van der Waals surface area contributed by atoms with Crippen LogP contribution in [-0.2, 0) is 34.4 Å². The van der Waals surface area contributed by atoms with Gasteiger partial charge in [0.15, 0.2) is 0 Å². The van der Waals surface area contributed by atoms with E-state index in [1.54, 1.807) is 18.7 Å². The third-order valence-corrected chi connectivity index (χ3v) is 0.406. The zero-order chi connectivity index (χ0) is 9.54. The summed E-state index contributed by atoms with van der Waals surface area (Å²) in [5.74, 6) is 0. The van der Waals surface area contributed by atoms with Crippen molar-refractivity contribution in [2.45, 2.75) is 0 Å². The first-order valence-corrected chi connectivity index (χ1v) is 2.04.